The van der Waals surface area contributed by atoms with E-state index in [1.807, 2.05) is 26.0 Å². The fourth-order valence-corrected chi connectivity index (χ4v) is 2.21. The van der Waals surface area contributed by atoms with E-state index in [9.17, 15) is 4.79 Å². The number of aryl methyl sites for hydroxylation is 2. The average Bonchev–Trinajstić information content (AvgIpc) is 2.31. The molecule has 0 fully saturated rings. The van der Waals surface area contributed by atoms with Crippen molar-refractivity contribution in [3.63, 3.8) is 0 Å². The van der Waals surface area contributed by atoms with E-state index in [2.05, 4.69) is 20.8 Å². The maximum atomic E-state index is 12.0. The predicted molar refractivity (Wildman–Crippen MR) is 81.3 cm³/mol. The third kappa shape index (κ3) is 4.27. The van der Waals surface area contributed by atoms with Crippen molar-refractivity contribution in [2.24, 2.45) is 0 Å². The first-order valence-corrected chi connectivity index (χ1v) is 7.40. The zero-order valence-corrected chi connectivity index (χ0v) is 13.9. The molecule has 0 saturated carbocycles. The third-order valence-electron chi connectivity index (χ3n) is 2.99. The molecule has 1 aromatic rings. The van der Waals surface area contributed by atoms with E-state index >= 15 is 0 Å². The normalized spacial score (nSPS) is 13.8. The maximum absolute atomic E-state index is 12.0. The summed E-state index contributed by atoms with van der Waals surface area (Å²) in [5.74, 6) is 0.0915. The fraction of sp³-hybridized carbons (Fsp3) is 0.533. The zero-order chi connectivity index (χ0) is 15.5. The molecule has 20 heavy (non-hydrogen) atoms. The second-order valence-corrected chi connectivity index (χ2v) is 6.40. The topological polar surface area (TPSA) is 55.8 Å². The highest BCUT2D eigenvalue weighted by Gasteiger charge is 2.24. The van der Waals surface area contributed by atoms with Crippen LogP contribution in [0.2, 0.25) is 0 Å². The first-order valence-electron chi connectivity index (χ1n) is 6.55. The van der Waals surface area contributed by atoms with Crippen molar-refractivity contribution in [1.82, 2.24) is 0 Å². The molecule has 0 aliphatic rings. The summed E-state index contributed by atoms with van der Waals surface area (Å²) in [5, 5.41) is 0. The van der Waals surface area contributed by atoms with E-state index in [0.717, 1.165) is 16.7 Å². The van der Waals surface area contributed by atoms with Crippen LogP contribution in [-0.4, -0.2) is 17.0 Å². The van der Waals surface area contributed by atoms with Gasteiger partial charge in [0.15, 0.2) is 15.1 Å². The lowest BCUT2D eigenvalue weighted by molar-refractivity contribution is -0.141. The Labute approximate surface area is 122 Å². The highest BCUT2D eigenvalue weighted by molar-refractivity contribution is 7.25. The third-order valence-corrected chi connectivity index (χ3v) is 3.45. The van der Waals surface area contributed by atoms with Crippen LogP contribution in [0.3, 0.4) is 0 Å². The van der Waals surface area contributed by atoms with Crippen molar-refractivity contribution in [3.05, 3.63) is 28.8 Å². The maximum Gasteiger partial charge on any atom is 0.340 e. The number of benzene rings is 1. The summed E-state index contributed by atoms with van der Waals surface area (Å²) in [7, 11) is -0.728. The molecule has 0 spiro atoms. The molecule has 112 valence electrons. The van der Waals surface area contributed by atoms with Gasteiger partial charge in [-0.1, -0.05) is 38.5 Å². The highest BCUT2D eigenvalue weighted by Crippen LogP contribution is 2.35. The second-order valence-electron chi connectivity index (χ2n) is 5.98. The standard InChI is InChI=1S/C15H23O4P/c1-9-7-10(2)13(12(8-9)15(4,5)6)18-14(16)11(3)19-20-17/h7-8,11,17,20H,1-6H3. The fourth-order valence-electron chi connectivity index (χ4n) is 1.96. The number of esters is 1. The van der Waals surface area contributed by atoms with E-state index in [0.29, 0.717) is 5.75 Å². The molecule has 2 unspecified atom stereocenters. The van der Waals surface area contributed by atoms with E-state index in [1.54, 1.807) is 6.92 Å². The predicted octanol–water partition coefficient (Wildman–Crippen LogP) is 3.41. The SMILES string of the molecule is Cc1cc(C)c(OC(=O)C(C)OPO)c(C(C)(C)C)c1. The second kappa shape index (κ2) is 6.66. The summed E-state index contributed by atoms with van der Waals surface area (Å²) in [5.41, 5.74) is 2.91. The average molecular weight is 298 g/mol. The van der Waals surface area contributed by atoms with Crippen LogP contribution in [-0.2, 0) is 14.7 Å². The molecule has 0 aromatic heterocycles. The van der Waals surface area contributed by atoms with Crippen LogP contribution in [0.25, 0.3) is 0 Å². The number of carbonyl (C=O) groups excluding carboxylic acids is 1. The Kier molecular flexibility index (Phi) is 5.69. The molecule has 4 nitrogen and oxygen atoms in total. The van der Waals surface area contributed by atoms with E-state index in [4.69, 9.17) is 14.2 Å². The first kappa shape index (κ1) is 17.1. The van der Waals surface area contributed by atoms with Crippen molar-refractivity contribution in [2.45, 2.75) is 53.1 Å². The number of ether oxygens (including phenoxy) is 1. The van der Waals surface area contributed by atoms with Crippen LogP contribution >= 0.6 is 9.03 Å². The summed E-state index contributed by atoms with van der Waals surface area (Å²) in [4.78, 5) is 20.7. The van der Waals surface area contributed by atoms with Gasteiger partial charge in [-0.3, -0.25) is 0 Å². The van der Waals surface area contributed by atoms with Gasteiger partial charge in [-0.05, 0) is 31.7 Å². The molecule has 0 aliphatic heterocycles. The molecular formula is C15H23O4P. The van der Waals surface area contributed by atoms with E-state index < -0.39 is 21.1 Å². The van der Waals surface area contributed by atoms with Gasteiger partial charge in [0.2, 0.25) is 0 Å². The Morgan fingerprint density at radius 1 is 1.30 bits per heavy atom. The zero-order valence-electron chi connectivity index (χ0n) is 12.9. The lowest BCUT2D eigenvalue weighted by atomic mass is 9.84. The molecular weight excluding hydrogens is 275 g/mol. The Bertz CT molecular complexity index is 491. The molecule has 0 amide bonds. The van der Waals surface area contributed by atoms with Gasteiger partial charge in [-0.25, -0.2) is 4.79 Å². The Balaban J connectivity index is 3.14. The number of rotatable bonds is 4. The molecule has 1 aromatic carbocycles. The van der Waals surface area contributed by atoms with Gasteiger partial charge in [0.05, 0.1) is 0 Å². The van der Waals surface area contributed by atoms with Crippen LogP contribution in [0.1, 0.15) is 44.4 Å². The minimum absolute atomic E-state index is 0.130. The molecule has 0 radical (unpaired) electrons. The summed E-state index contributed by atoms with van der Waals surface area (Å²) in [6, 6.07) is 4.02. The molecule has 5 heteroatoms. The van der Waals surface area contributed by atoms with Crippen molar-refractivity contribution < 1.29 is 18.9 Å². The van der Waals surface area contributed by atoms with Crippen molar-refractivity contribution >= 4 is 15.0 Å². The minimum Gasteiger partial charge on any atom is -0.424 e. The lowest BCUT2D eigenvalue weighted by Crippen LogP contribution is -2.25. The monoisotopic (exact) mass is 298 g/mol. The van der Waals surface area contributed by atoms with Gasteiger partial charge in [-0.15, -0.1) is 0 Å². The van der Waals surface area contributed by atoms with Crippen LogP contribution in [0, 0.1) is 13.8 Å². The number of hydrogen-bond acceptors (Lipinski definition) is 4. The molecule has 0 bridgehead atoms. The van der Waals surface area contributed by atoms with Crippen LogP contribution in [0.4, 0.5) is 0 Å². The molecule has 1 N–H and O–H groups in total. The Morgan fingerprint density at radius 3 is 2.40 bits per heavy atom. The summed E-state index contributed by atoms with van der Waals surface area (Å²) < 4.78 is 10.4. The van der Waals surface area contributed by atoms with Gasteiger partial charge in [0.1, 0.15) is 5.75 Å². The number of carbonyl (C=O) groups is 1. The lowest BCUT2D eigenvalue weighted by Gasteiger charge is -2.25. The molecule has 2 atom stereocenters. The summed E-state index contributed by atoms with van der Waals surface area (Å²) in [6.45, 7) is 11.7. The van der Waals surface area contributed by atoms with Gasteiger partial charge < -0.3 is 14.2 Å². The highest BCUT2D eigenvalue weighted by atomic mass is 31.1. The Hall–Kier alpha value is -0.960. The van der Waals surface area contributed by atoms with Gasteiger partial charge in [0, 0.05) is 5.56 Å². The smallest absolute Gasteiger partial charge is 0.340 e. The minimum atomic E-state index is -0.785. The number of hydrogen-bond donors (Lipinski definition) is 1. The quantitative estimate of drug-likeness (QED) is 0.526. The first-order chi connectivity index (χ1) is 9.16. The largest absolute Gasteiger partial charge is 0.424 e. The Morgan fingerprint density at radius 2 is 1.90 bits per heavy atom. The van der Waals surface area contributed by atoms with Crippen molar-refractivity contribution in [2.75, 3.05) is 0 Å². The summed E-state index contributed by atoms with van der Waals surface area (Å²) >= 11 is 0. The summed E-state index contributed by atoms with van der Waals surface area (Å²) in [6.07, 6.45) is -0.785. The van der Waals surface area contributed by atoms with Crippen molar-refractivity contribution in [3.8, 4) is 5.75 Å². The molecule has 1 rings (SSSR count). The van der Waals surface area contributed by atoms with Gasteiger partial charge >= 0.3 is 5.97 Å². The van der Waals surface area contributed by atoms with Gasteiger partial charge in [0.25, 0.3) is 0 Å². The van der Waals surface area contributed by atoms with Crippen LogP contribution in [0.15, 0.2) is 12.1 Å². The van der Waals surface area contributed by atoms with E-state index in [-0.39, 0.29) is 5.41 Å². The van der Waals surface area contributed by atoms with Crippen LogP contribution < -0.4 is 4.74 Å². The van der Waals surface area contributed by atoms with Crippen LogP contribution in [0.5, 0.6) is 5.75 Å². The van der Waals surface area contributed by atoms with Crippen molar-refractivity contribution in [1.29, 1.82) is 0 Å². The molecule has 0 aliphatic carbocycles. The van der Waals surface area contributed by atoms with E-state index in [1.165, 1.54) is 0 Å². The molecule has 0 heterocycles. The molecule has 0 saturated heterocycles. The van der Waals surface area contributed by atoms with Gasteiger partial charge in [-0.2, -0.15) is 0 Å².